The predicted molar refractivity (Wildman–Crippen MR) is 87.9 cm³/mol. The quantitative estimate of drug-likeness (QED) is 0.683. The third-order valence-corrected chi connectivity index (χ3v) is 4.59. The highest BCUT2D eigenvalue weighted by Gasteiger charge is 2.51. The fourth-order valence-corrected chi connectivity index (χ4v) is 3.16. The lowest BCUT2D eigenvalue weighted by Gasteiger charge is -2.31. The van der Waals surface area contributed by atoms with Crippen molar-refractivity contribution in [3.8, 4) is 0 Å². The van der Waals surface area contributed by atoms with Crippen LogP contribution in [0.4, 0.5) is 10.5 Å². The van der Waals surface area contributed by atoms with Crippen molar-refractivity contribution in [1.29, 1.82) is 0 Å². The SMILES string of the molecule is O=C(CN1C(=O)NC2(CCCNC2)C1=O)Nc1ccc(Br)cc1. The Morgan fingerprint density at radius 1 is 1.30 bits per heavy atom. The summed E-state index contributed by atoms with van der Waals surface area (Å²) in [4.78, 5) is 37.7. The molecule has 2 heterocycles. The van der Waals surface area contributed by atoms with Gasteiger partial charge in [-0.25, -0.2) is 4.79 Å². The summed E-state index contributed by atoms with van der Waals surface area (Å²) >= 11 is 3.31. The molecule has 1 aromatic rings. The number of carbonyl (C=O) groups excluding carboxylic acids is 3. The van der Waals surface area contributed by atoms with E-state index in [0.717, 1.165) is 22.3 Å². The standard InChI is InChI=1S/C15H17BrN4O3/c16-10-2-4-11(5-3-10)18-12(21)8-20-13(22)15(19-14(20)23)6-1-7-17-9-15/h2-5,17H,1,6-9H2,(H,18,21)(H,19,23). The van der Waals surface area contributed by atoms with Crippen molar-refractivity contribution in [1.82, 2.24) is 15.5 Å². The first-order chi connectivity index (χ1) is 11.0. The van der Waals surface area contributed by atoms with Gasteiger partial charge in [-0.1, -0.05) is 15.9 Å². The molecular formula is C15H17BrN4O3. The van der Waals surface area contributed by atoms with Gasteiger partial charge in [-0.05, 0) is 43.7 Å². The van der Waals surface area contributed by atoms with Crippen molar-refractivity contribution in [3.05, 3.63) is 28.7 Å². The number of rotatable bonds is 3. The van der Waals surface area contributed by atoms with Crippen LogP contribution in [0.5, 0.6) is 0 Å². The van der Waals surface area contributed by atoms with Crippen molar-refractivity contribution in [3.63, 3.8) is 0 Å². The summed E-state index contributed by atoms with van der Waals surface area (Å²) in [5.74, 6) is -0.739. The van der Waals surface area contributed by atoms with Crippen LogP contribution >= 0.6 is 15.9 Å². The number of nitrogens with one attached hydrogen (secondary N) is 3. The number of benzene rings is 1. The average Bonchev–Trinajstić information content (AvgIpc) is 2.75. The lowest BCUT2D eigenvalue weighted by Crippen LogP contribution is -2.57. The number of hydrogen-bond donors (Lipinski definition) is 3. The first kappa shape index (κ1) is 15.9. The van der Waals surface area contributed by atoms with Crippen LogP contribution in [-0.4, -0.2) is 47.9 Å². The molecule has 23 heavy (non-hydrogen) atoms. The summed E-state index contributed by atoms with van der Waals surface area (Å²) in [6.07, 6.45) is 1.40. The molecule has 0 bridgehead atoms. The average molecular weight is 381 g/mol. The summed E-state index contributed by atoms with van der Waals surface area (Å²) in [6, 6.07) is 6.56. The fraction of sp³-hybridized carbons (Fsp3) is 0.400. The molecule has 2 fully saturated rings. The highest BCUT2D eigenvalue weighted by Crippen LogP contribution is 2.25. The number of nitrogens with zero attached hydrogens (tertiary/aromatic N) is 1. The summed E-state index contributed by atoms with van der Waals surface area (Å²) in [7, 11) is 0. The second-order valence-electron chi connectivity index (χ2n) is 5.74. The summed E-state index contributed by atoms with van der Waals surface area (Å²) in [5, 5.41) is 8.53. The van der Waals surface area contributed by atoms with Gasteiger partial charge in [-0.3, -0.25) is 14.5 Å². The van der Waals surface area contributed by atoms with Crippen LogP contribution in [0.25, 0.3) is 0 Å². The van der Waals surface area contributed by atoms with Gasteiger partial charge >= 0.3 is 6.03 Å². The molecule has 2 saturated heterocycles. The van der Waals surface area contributed by atoms with Gasteiger partial charge in [0.25, 0.3) is 5.91 Å². The highest BCUT2D eigenvalue weighted by atomic mass is 79.9. The normalized spacial score (nSPS) is 24.0. The Hall–Kier alpha value is -1.93. The van der Waals surface area contributed by atoms with Crippen molar-refractivity contribution in [2.24, 2.45) is 0 Å². The van der Waals surface area contributed by atoms with Crippen LogP contribution in [0.2, 0.25) is 0 Å². The first-order valence-corrected chi connectivity index (χ1v) is 8.20. The molecule has 3 rings (SSSR count). The van der Waals surface area contributed by atoms with Gasteiger partial charge in [0.05, 0.1) is 0 Å². The number of carbonyl (C=O) groups is 3. The molecular weight excluding hydrogens is 364 g/mol. The smallest absolute Gasteiger partial charge is 0.325 e. The zero-order chi connectivity index (χ0) is 16.4. The van der Waals surface area contributed by atoms with E-state index in [1.165, 1.54) is 0 Å². The Kier molecular flexibility index (Phi) is 4.36. The van der Waals surface area contributed by atoms with E-state index in [0.29, 0.717) is 18.7 Å². The van der Waals surface area contributed by atoms with Gasteiger partial charge in [-0.2, -0.15) is 0 Å². The van der Waals surface area contributed by atoms with Gasteiger partial charge in [-0.15, -0.1) is 0 Å². The Balaban J connectivity index is 1.65. The molecule has 1 spiro atoms. The Labute approximate surface area is 141 Å². The Morgan fingerprint density at radius 3 is 2.70 bits per heavy atom. The van der Waals surface area contributed by atoms with Crippen LogP contribution < -0.4 is 16.0 Å². The molecule has 8 heteroatoms. The molecule has 0 aromatic heterocycles. The van der Waals surface area contributed by atoms with Crippen LogP contribution in [0, 0.1) is 0 Å². The highest BCUT2D eigenvalue weighted by molar-refractivity contribution is 9.10. The van der Waals surface area contributed by atoms with Crippen molar-refractivity contribution < 1.29 is 14.4 Å². The van der Waals surface area contributed by atoms with E-state index >= 15 is 0 Å². The monoisotopic (exact) mass is 380 g/mol. The van der Waals surface area contributed by atoms with Crippen molar-refractivity contribution in [2.45, 2.75) is 18.4 Å². The number of piperidine rings is 1. The molecule has 0 aliphatic carbocycles. The predicted octanol–water partition coefficient (Wildman–Crippen LogP) is 1.06. The lowest BCUT2D eigenvalue weighted by atomic mass is 9.90. The topological polar surface area (TPSA) is 90.5 Å². The van der Waals surface area contributed by atoms with Crippen molar-refractivity contribution >= 4 is 39.5 Å². The third-order valence-electron chi connectivity index (χ3n) is 4.06. The molecule has 1 unspecified atom stereocenters. The largest absolute Gasteiger partial charge is 0.325 e. The van der Waals surface area contributed by atoms with Gasteiger partial charge in [0, 0.05) is 16.7 Å². The molecule has 1 atom stereocenters. The van der Waals surface area contributed by atoms with Crippen LogP contribution in [-0.2, 0) is 9.59 Å². The van der Waals surface area contributed by atoms with Gasteiger partial charge in [0.2, 0.25) is 5.91 Å². The molecule has 2 aliphatic rings. The summed E-state index contributed by atoms with van der Waals surface area (Å²) in [6.45, 7) is 0.944. The number of anilines is 1. The van der Waals surface area contributed by atoms with Crippen molar-refractivity contribution in [2.75, 3.05) is 25.0 Å². The zero-order valence-corrected chi connectivity index (χ0v) is 14.0. The van der Waals surface area contributed by atoms with Crippen LogP contribution in [0.3, 0.4) is 0 Å². The van der Waals surface area contributed by atoms with E-state index in [4.69, 9.17) is 0 Å². The molecule has 7 nitrogen and oxygen atoms in total. The molecule has 2 aliphatic heterocycles. The second kappa shape index (κ2) is 6.29. The fourth-order valence-electron chi connectivity index (χ4n) is 2.89. The van der Waals surface area contributed by atoms with Gasteiger partial charge in [0.15, 0.2) is 0 Å². The third kappa shape index (κ3) is 3.23. The molecule has 4 amide bonds. The lowest BCUT2D eigenvalue weighted by molar-refractivity contribution is -0.134. The van der Waals surface area contributed by atoms with E-state index in [1.807, 2.05) is 0 Å². The van der Waals surface area contributed by atoms with Crippen LogP contribution in [0.1, 0.15) is 12.8 Å². The van der Waals surface area contributed by atoms with E-state index in [2.05, 4.69) is 31.9 Å². The summed E-state index contributed by atoms with van der Waals surface area (Å²) < 4.78 is 0.899. The number of urea groups is 1. The number of amides is 4. The minimum atomic E-state index is -0.896. The first-order valence-electron chi connectivity index (χ1n) is 7.40. The molecule has 122 valence electrons. The maximum Gasteiger partial charge on any atom is 0.325 e. The van der Waals surface area contributed by atoms with Gasteiger partial charge in [0.1, 0.15) is 12.1 Å². The van der Waals surface area contributed by atoms with Crippen LogP contribution in [0.15, 0.2) is 28.7 Å². The molecule has 1 aromatic carbocycles. The Morgan fingerprint density at radius 2 is 2.04 bits per heavy atom. The van der Waals surface area contributed by atoms with E-state index in [9.17, 15) is 14.4 Å². The van der Waals surface area contributed by atoms with E-state index < -0.39 is 17.5 Å². The molecule has 0 saturated carbocycles. The number of halogens is 1. The zero-order valence-electron chi connectivity index (χ0n) is 12.4. The second-order valence-corrected chi connectivity index (χ2v) is 6.65. The minimum Gasteiger partial charge on any atom is -0.325 e. The van der Waals surface area contributed by atoms with E-state index in [-0.39, 0.29) is 12.5 Å². The number of imide groups is 1. The minimum absolute atomic E-state index is 0.289. The summed E-state index contributed by atoms with van der Waals surface area (Å²) in [5.41, 5.74) is -0.285. The van der Waals surface area contributed by atoms with Gasteiger partial charge < -0.3 is 16.0 Å². The maximum absolute atomic E-state index is 12.5. The molecule has 0 radical (unpaired) electrons. The Bertz CT molecular complexity index is 641. The number of hydrogen-bond acceptors (Lipinski definition) is 4. The molecule has 3 N–H and O–H groups in total. The van der Waals surface area contributed by atoms with E-state index in [1.54, 1.807) is 24.3 Å². The maximum atomic E-state index is 12.5.